The lowest BCUT2D eigenvalue weighted by molar-refractivity contribution is -0.141. The minimum absolute atomic E-state index is 0.0589. The molecule has 2 N–H and O–H groups in total. The Bertz CT molecular complexity index is 1220. The van der Waals surface area contributed by atoms with Crippen LogP contribution in [0.15, 0.2) is 24.4 Å². The Morgan fingerprint density at radius 2 is 1.84 bits per heavy atom. The lowest BCUT2D eigenvalue weighted by Crippen LogP contribution is -2.60. The molecule has 5 rings (SSSR count). The van der Waals surface area contributed by atoms with Crippen LogP contribution in [0.2, 0.25) is 0 Å². The number of carbonyl (C=O) groups excluding carboxylic acids is 4. The molecule has 38 heavy (non-hydrogen) atoms. The van der Waals surface area contributed by atoms with E-state index >= 15 is 0 Å². The highest BCUT2D eigenvalue weighted by molar-refractivity contribution is 6.17. The molecule has 1 saturated carbocycles. The lowest BCUT2D eigenvalue weighted by Gasteiger charge is -2.43. The first kappa shape index (κ1) is 26.2. The average molecular weight is 523 g/mol. The second-order valence-electron chi connectivity index (χ2n) is 11.5. The fourth-order valence-electron chi connectivity index (χ4n) is 6.39. The molecule has 5 amide bonds. The van der Waals surface area contributed by atoms with Gasteiger partial charge in [-0.15, -0.1) is 0 Å². The first-order chi connectivity index (χ1) is 18.2. The molecule has 0 unspecified atom stereocenters. The van der Waals surface area contributed by atoms with Gasteiger partial charge in [0, 0.05) is 37.6 Å². The van der Waals surface area contributed by atoms with E-state index in [4.69, 9.17) is 0 Å². The predicted molar refractivity (Wildman–Crippen MR) is 143 cm³/mol. The summed E-state index contributed by atoms with van der Waals surface area (Å²) in [6.45, 7) is 4.54. The monoisotopic (exact) mass is 522 g/mol. The van der Waals surface area contributed by atoms with Gasteiger partial charge >= 0.3 is 6.03 Å². The summed E-state index contributed by atoms with van der Waals surface area (Å²) < 4.78 is 0. The van der Waals surface area contributed by atoms with Crippen LogP contribution in [-0.4, -0.2) is 75.5 Å². The standard InChI is InChI=1S/C28H38N6O4/c1-18(2)24(30-23(35)15-19-7-5-4-6-8-19)25(36)33-13-11-28(12-14-33)26(37)32(3)27(38)34(28)21-9-10-22-20(16-21)17-29-31-22/h9-10,16-19,24H,4-8,11-15H2,1-3H3,(H,29,31)(H,30,35)/t24-/m1/s1. The number of H-pyrrole nitrogens is 1. The third kappa shape index (κ3) is 4.65. The summed E-state index contributed by atoms with van der Waals surface area (Å²) >= 11 is 0. The number of anilines is 1. The number of piperidine rings is 1. The number of carbonyl (C=O) groups is 4. The Morgan fingerprint density at radius 1 is 1.13 bits per heavy atom. The number of nitrogens with one attached hydrogen (secondary N) is 2. The highest BCUT2D eigenvalue weighted by Gasteiger charge is 2.58. The Kier molecular flexibility index (Phi) is 7.15. The van der Waals surface area contributed by atoms with Crippen LogP contribution in [-0.2, 0) is 14.4 Å². The van der Waals surface area contributed by atoms with Gasteiger partial charge in [0.15, 0.2) is 0 Å². The van der Waals surface area contributed by atoms with Crippen LogP contribution in [0.25, 0.3) is 10.9 Å². The van der Waals surface area contributed by atoms with Crippen LogP contribution in [0.4, 0.5) is 10.5 Å². The van der Waals surface area contributed by atoms with E-state index in [1.54, 1.807) is 16.0 Å². The molecule has 1 atom stereocenters. The zero-order valence-corrected chi connectivity index (χ0v) is 22.5. The smallest absolute Gasteiger partial charge is 0.331 e. The normalized spacial score (nSPS) is 21.1. The first-order valence-electron chi connectivity index (χ1n) is 13.8. The Hall–Kier alpha value is -3.43. The molecule has 10 nitrogen and oxygen atoms in total. The van der Waals surface area contributed by atoms with Gasteiger partial charge in [0.05, 0.1) is 11.7 Å². The molecule has 2 aliphatic heterocycles. The molecular formula is C28H38N6O4. The van der Waals surface area contributed by atoms with E-state index < -0.39 is 11.6 Å². The SMILES string of the molecule is CC(C)[C@@H](NC(=O)CC1CCCCC1)C(=O)N1CCC2(CC1)C(=O)N(C)C(=O)N2c1ccc2[nH]ncc2c1. The zero-order chi connectivity index (χ0) is 27.0. The van der Waals surface area contributed by atoms with Crippen molar-refractivity contribution in [2.24, 2.45) is 11.8 Å². The maximum atomic E-state index is 13.6. The number of benzene rings is 1. The van der Waals surface area contributed by atoms with Gasteiger partial charge in [-0.1, -0.05) is 33.1 Å². The number of likely N-dealkylation sites (tertiary alicyclic amines) is 1. The van der Waals surface area contributed by atoms with Gasteiger partial charge in [0.2, 0.25) is 11.8 Å². The van der Waals surface area contributed by atoms with Crippen LogP contribution in [0.5, 0.6) is 0 Å². The fourth-order valence-corrected chi connectivity index (χ4v) is 6.39. The van der Waals surface area contributed by atoms with E-state index in [1.807, 2.05) is 32.0 Å². The highest BCUT2D eigenvalue weighted by Crippen LogP contribution is 2.41. The Morgan fingerprint density at radius 3 is 2.53 bits per heavy atom. The van der Waals surface area contributed by atoms with E-state index in [0.29, 0.717) is 44.0 Å². The molecule has 1 spiro atoms. The number of rotatable bonds is 6. The summed E-state index contributed by atoms with van der Waals surface area (Å²) in [5.41, 5.74) is 0.439. The van der Waals surface area contributed by atoms with Gasteiger partial charge < -0.3 is 10.2 Å². The summed E-state index contributed by atoms with van der Waals surface area (Å²) in [6.07, 6.45) is 8.55. The van der Waals surface area contributed by atoms with E-state index in [0.717, 1.165) is 23.7 Å². The maximum absolute atomic E-state index is 13.6. The van der Waals surface area contributed by atoms with Crippen molar-refractivity contribution in [1.82, 2.24) is 25.3 Å². The van der Waals surface area contributed by atoms with Crippen molar-refractivity contribution in [1.29, 1.82) is 0 Å². The number of hydrogen-bond acceptors (Lipinski definition) is 5. The van der Waals surface area contributed by atoms with E-state index in [1.165, 1.54) is 31.2 Å². The predicted octanol–water partition coefficient (Wildman–Crippen LogP) is 3.43. The number of hydrogen-bond donors (Lipinski definition) is 2. The minimum atomic E-state index is -1.04. The van der Waals surface area contributed by atoms with Crippen LogP contribution >= 0.6 is 0 Å². The number of likely N-dealkylation sites (N-methyl/N-ethyl adjacent to an activating group) is 1. The number of imide groups is 1. The molecule has 1 aliphatic carbocycles. The van der Waals surface area contributed by atoms with Gasteiger partial charge in [-0.25, -0.2) is 4.79 Å². The Labute approximate surface area is 223 Å². The van der Waals surface area contributed by atoms with Crippen LogP contribution in [0, 0.1) is 11.8 Å². The van der Waals surface area contributed by atoms with E-state index in [2.05, 4.69) is 15.5 Å². The summed E-state index contributed by atoms with van der Waals surface area (Å²) in [7, 11) is 1.51. The summed E-state index contributed by atoms with van der Waals surface area (Å²) in [6, 6.07) is 4.56. The molecule has 204 valence electrons. The second-order valence-corrected chi connectivity index (χ2v) is 11.5. The Balaban J connectivity index is 1.30. The van der Waals surface area contributed by atoms with Crippen molar-refractivity contribution in [3.8, 4) is 0 Å². The van der Waals surface area contributed by atoms with Crippen molar-refractivity contribution in [3.63, 3.8) is 0 Å². The molecule has 1 aromatic heterocycles. The number of fused-ring (bicyclic) bond motifs is 1. The molecular weight excluding hydrogens is 484 g/mol. The van der Waals surface area contributed by atoms with Crippen LogP contribution in [0.3, 0.4) is 0 Å². The quantitative estimate of drug-likeness (QED) is 0.564. The summed E-state index contributed by atoms with van der Waals surface area (Å²) in [5, 5.41) is 10.8. The molecule has 10 heteroatoms. The van der Waals surface area contributed by atoms with Crippen molar-refractivity contribution in [2.75, 3.05) is 25.0 Å². The molecule has 1 aromatic carbocycles. The number of amides is 5. The average Bonchev–Trinajstić information content (AvgIpc) is 3.45. The molecule has 3 fully saturated rings. The largest absolute Gasteiger partial charge is 0.344 e. The minimum Gasteiger partial charge on any atom is -0.344 e. The molecule has 2 aromatic rings. The first-order valence-corrected chi connectivity index (χ1v) is 13.8. The topological polar surface area (TPSA) is 119 Å². The number of urea groups is 1. The third-order valence-corrected chi connectivity index (χ3v) is 8.64. The van der Waals surface area contributed by atoms with Crippen LogP contribution < -0.4 is 10.2 Å². The molecule has 2 saturated heterocycles. The molecule has 0 bridgehead atoms. The van der Waals surface area contributed by atoms with Gasteiger partial charge in [0.1, 0.15) is 11.6 Å². The van der Waals surface area contributed by atoms with Gasteiger partial charge in [-0.3, -0.25) is 29.3 Å². The number of aromatic amines is 1. The zero-order valence-electron chi connectivity index (χ0n) is 22.5. The van der Waals surface area contributed by atoms with Gasteiger partial charge in [0.25, 0.3) is 5.91 Å². The molecule has 0 radical (unpaired) electrons. The van der Waals surface area contributed by atoms with Crippen molar-refractivity contribution >= 4 is 40.3 Å². The van der Waals surface area contributed by atoms with E-state index in [-0.39, 0.29) is 29.7 Å². The van der Waals surface area contributed by atoms with Crippen molar-refractivity contribution in [3.05, 3.63) is 24.4 Å². The summed E-state index contributed by atoms with van der Waals surface area (Å²) in [5.74, 6) is -0.0905. The fraction of sp³-hybridized carbons (Fsp3) is 0.607. The van der Waals surface area contributed by atoms with Crippen molar-refractivity contribution in [2.45, 2.75) is 76.8 Å². The molecule has 3 aliphatic rings. The van der Waals surface area contributed by atoms with Gasteiger partial charge in [-0.2, -0.15) is 5.10 Å². The number of nitrogens with zero attached hydrogens (tertiary/aromatic N) is 4. The second kappa shape index (κ2) is 10.4. The van der Waals surface area contributed by atoms with E-state index in [9.17, 15) is 19.2 Å². The summed E-state index contributed by atoms with van der Waals surface area (Å²) in [4.78, 5) is 57.6. The molecule has 3 heterocycles. The lowest BCUT2D eigenvalue weighted by atomic mass is 9.84. The number of aromatic nitrogens is 2. The third-order valence-electron chi connectivity index (χ3n) is 8.64. The van der Waals surface area contributed by atoms with Gasteiger partial charge in [-0.05, 0) is 55.7 Å². The highest BCUT2D eigenvalue weighted by atomic mass is 16.2. The maximum Gasteiger partial charge on any atom is 0.331 e. The van der Waals surface area contributed by atoms with Crippen LogP contribution in [0.1, 0.15) is 65.2 Å². The van der Waals surface area contributed by atoms with Crippen molar-refractivity contribution < 1.29 is 19.2 Å².